The number of ketones is 1. The minimum absolute atomic E-state index is 0.0853. The summed E-state index contributed by atoms with van der Waals surface area (Å²) in [6.07, 6.45) is 0. The molecule has 0 amide bonds. The van der Waals surface area contributed by atoms with Crippen molar-refractivity contribution < 1.29 is 4.79 Å². The van der Waals surface area contributed by atoms with Crippen molar-refractivity contribution in [3.8, 4) is 0 Å². The van der Waals surface area contributed by atoms with Crippen LogP contribution in [0.15, 0.2) is 18.2 Å². The lowest BCUT2D eigenvalue weighted by Crippen LogP contribution is -2.11. The van der Waals surface area contributed by atoms with E-state index in [9.17, 15) is 4.79 Å². The molecule has 0 aromatic heterocycles. The summed E-state index contributed by atoms with van der Waals surface area (Å²) in [4.78, 5) is 11.1. The van der Waals surface area contributed by atoms with Crippen LogP contribution in [-0.2, 0) is 5.41 Å². The van der Waals surface area contributed by atoms with E-state index in [-0.39, 0.29) is 11.2 Å². The zero-order chi connectivity index (χ0) is 10.1. The van der Waals surface area contributed by atoms with Gasteiger partial charge in [0.1, 0.15) is 0 Å². The number of hydrogen-bond donors (Lipinski definition) is 0. The molecule has 1 aromatic rings. The van der Waals surface area contributed by atoms with Gasteiger partial charge in [-0.3, -0.25) is 4.79 Å². The van der Waals surface area contributed by atoms with Crippen LogP contribution in [-0.4, -0.2) is 5.78 Å². The van der Waals surface area contributed by atoms with E-state index in [4.69, 9.17) is 0 Å². The Morgan fingerprint density at radius 3 is 2.38 bits per heavy atom. The molecule has 1 aromatic carbocycles. The average Bonchev–Trinajstić information content (AvgIpc) is 2.03. The van der Waals surface area contributed by atoms with Crippen molar-refractivity contribution in [3.05, 3.63) is 35.4 Å². The zero-order valence-corrected chi connectivity index (χ0v) is 8.64. The van der Waals surface area contributed by atoms with Crippen LogP contribution in [0.1, 0.15) is 43.6 Å². The predicted octanol–water partition coefficient (Wildman–Crippen LogP) is 2.99. The van der Waals surface area contributed by atoms with Crippen LogP contribution in [0.5, 0.6) is 0 Å². The first-order valence-corrected chi connectivity index (χ1v) is 4.44. The molecule has 0 atom stereocenters. The van der Waals surface area contributed by atoms with Gasteiger partial charge in [-0.05, 0) is 36.1 Å². The Morgan fingerprint density at radius 1 is 1.31 bits per heavy atom. The van der Waals surface area contributed by atoms with Gasteiger partial charge in [0.15, 0.2) is 5.78 Å². The normalized spacial score (nSPS) is 11.4. The molecule has 0 aliphatic carbocycles. The molecule has 1 heteroatoms. The van der Waals surface area contributed by atoms with Crippen LogP contribution >= 0.6 is 0 Å². The third-order valence-corrected chi connectivity index (χ3v) is 2.06. The molecule has 13 heavy (non-hydrogen) atoms. The van der Waals surface area contributed by atoms with Gasteiger partial charge in [-0.15, -0.1) is 0 Å². The number of Topliss-reactive ketones (excluding diaryl/α,β-unsaturated/α-hetero) is 1. The summed E-state index contributed by atoms with van der Waals surface area (Å²) in [6.45, 7) is 7.95. The van der Waals surface area contributed by atoms with Crippen molar-refractivity contribution in [2.75, 3.05) is 0 Å². The smallest absolute Gasteiger partial charge is 0.159 e. The molecule has 1 nitrogen and oxygen atoms in total. The fourth-order valence-electron chi connectivity index (χ4n) is 1.11. The van der Waals surface area contributed by atoms with E-state index in [1.807, 2.05) is 12.1 Å². The third kappa shape index (κ3) is 2.41. The number of rotatable bonds is 1. The summed E-state index contributed by atoms with van der Waals surface area (Å²) in [5.41, 5.74) is 1.98. The average molecular weight is 175 g/mol. The molecule has 0 fully saturated rings. The Bertz CT molecular complexity index is 318. The second kappa shape index (κ2) is 3.33. The van der Waals surface area contributed by atoms with E-state index in [1.54, 1.807) is 13.0 Å². The topological polar surface area (TPSA) is 17.1 Å². The molecule has 0 saturated heterocycles. The first kappa shape index (κ1) is 9.97. The van der Waals surface area contributed by atoms with E-state index in [0.717, 1.165) is 11.1 Å². The van der Waals surface area contributed by atoms with Crippen molar-refractivity contribution >= 4 is 5.78 Å². The lowest BCUT2D eigenvalue weighted by atomic mass is 9.86. The Hall–Kier alpha value is -1.11. The van der Waals surface area contributed by atoms with Gasteiger partial charge in [0.25, 0.3) is 0 Å². The van der Waals surface area contributed by atoms with Gasteiger partial charge in [0.05, 0.1) is 0 Å². The monoisotopic (exact) mass is 175 g/mol. The SMILES string of the molecule is CC(=O)c1c[c]cc(C(C)(C)C)c1. The highest BCUT2D eigenvalue weighted by Gasteiger charge is 2.14. The minimum atomic E-state index is 0.0853. The van der Waals surface area contributed by atoms with Crippen molar-refractivity contribution in [1.82, 2.24) is 0 Å². The van der Waals surface area contributed by atoms with Crippen LogP contribution < -0.4 is 0 Å². The first-order valence-electron chi connectivity index (χ1n) is 4.44. The molecule has 0 spiro atoms. The molecule has 69 valence electrons. The van der Waals surface area contributed by atoms with E-state index < -0.39 is 0 Å². The molecule has 1 rings (SSSR count). The van der Waals surface area contributed by atoms with Crippen molar-refractivity contribution in [2.45, 2.75) is 33.1 Å². The van der Waals surface area contributed by atoms with Crippen molar-refractivity contribution in [1.29, 1.82) is 0 Å². The van der Waals surface area contributed by atoms with Crippen molar-refractivity contribution in [2.24, 2.45) is 0 Å². The maximum Gasteiger partial charge on any atom is 0.159 e. The number of carbonyl (C=O) groups is 1. The lowest BCUT2D eigenvalue weighted by Gasteiger charge is -2.19. The second-order valence-corrected chi connectivity index (χ2v) is 4.32. The maximum absolute atomic E-state index is 11.1. The molecular formula is C12H15O. The molecule has 0 N–H and O–H groups in total. The molecule has 0 bridgehead atoms. The van der Waals surface area contributed by atoms with Crippen LogP contribution in [0.3, 0.4) is 0 Å². The van der Waals surface area contributed by atoms with E-state index in [0.29, 0.717) is 0 Å². The van der Waals surface area contributed by atoms with Crippen LogP contribution in [0.4, 0.5) is 0 Å². The molecule has 0 unspecified atom stereocenters. The van der Waals surface area contributed by atoms with Gasteiger partial charge in [0.2, 0.25) is 0 Å². The lowest BCUT2D eigenvalue weighted by molar-refractivity contribution is 0.101. The van der Waals surface area contributed by atoms with Gasteiger partial charge < -0.3 is 0 Å². The maximum atomic E-state index is 11.1. The van der Waals surface area contributed by atoms with Gasteiger partial charge >= 0.3 is 0 Å². The summed E-state index contributed by atoms with van der Waals surface area (Å²) in [5, 5.41) is 0. The molecule has 1 radical (unpaired) electrons. The molecule has 0 aliphatic heterocycles. The summed E-state index contributed by atoms with van der Waals surface area (Å²) in [6, 6.07) is 8.61. The largest absolute Gasteiger partial charge is 0.295 e. The summed E-state index contributed by atoms with van der Waals surface area (Å²) < 4.78 is 0. The standard InChI is InChI=1S/C12H15O/c1-9(13)10-6-5-7-11(8-10)12(2,3)4/h6-8H,1-4H3. The molecular weight excluding hydrogens is 160 g/mol. The predicted molar refractivity (Wildman–Crippen MR) is 54.0 cm³/mol. The van der Waals surface area contributed by atoms with Gasteiger partial charge in [-0.1, -0.05) is 26.8 Å². The first-order chi connectivity index (χ1) is 5.91. The van der Waals surface area contributed by atoms with Gasteiger partial charge in [0, 0.05) is 5.56 Å². The second-order valence-electron chi connectivity index (χ2n) is 4.32. The molecule has 0 heterocycles. The Kier molecular flexibility index (Phi) is 2.55. The van der Waals surface area contributed by atoms with Crippen molar-refractivity contribution in [3.63, 3.8) is 0 Å². The van der Waals surface area contributed by atoms with Crippen LogP contribution in [0.25, 0.3) is 0 Å². The minimum Gasteiger partial charge on any atom is -0.295 e. The highest BCUT2D eigenvalue weighted by atomic mass is 16.1. The van der Waals surface area contributed by atoms with E-state index in [1.165, 1.54) is 0 Å². The fraction of sp³-hybridized carbons (Fsp3) is 0.417. The summed E-state index contributed by atoms with van der Waals surface area (Å²) in [7, 11) is 0. The third-order valence-electron chi connectivity index (χ3n) is 2.06. The highest BCUT2D eigenvalue weighted by Crippen LogP contribution is 2.22. The summed E-state index contributed by atoms with van der Waals surface area (Å²) >= 11 is 0. The Labute approximate surface area is 79.8 Å². The van der Waals surface area contributed by atoms with Crippen LogP contribution in [0.2, 0.25) is 0 Å². The molecule has 0 saturated carbocycles. The van der Waals surface area contributed by atoms with E-state index in [2.05, 4.69) is 26.8 Å². The quantitative estimate of drug-likeness (QED) is 0.600. The Balaban J connectivity index is 3.13. The number of carbonyl (C=O) groups excluding carboxylic acids is 1. The Morgan fingerprint density at radius 2 is 1.92 bits per heavy atom. The zero-order valence-electron chi connectivity index (χ0n) is 8.64. The molecule has 0 aliphatic rings. The van der Waals surface area contributed by atoms with Gasteiger partial charge in [-0.2, -0.15) is 0 Å². The highest BCUT2D eigenvalue weighted by molar-refractivity contribution is 5.94. The fourth-order valence-corrected chi connectivity index (χ4v) is 1.11. The number of benzene rings is 1. The van der Waals surface area contributed by atoms with Crippen LogP contribution in [0, 0.1) is 6.07 Å². The van der Waals surface area contributed by atoms with E-state index >= 15 is 0 Å². The summed E-state index contributed by atoms with van der Waals surface area (Å²) in [5.74, 6) is 0.0994. The van der Waals surface area contributed by atoms with Gasteiger partial charge in [-0.25, -0.2) is 0 Å². The number of hydrogen-bond acceptors (Lipinski definition) is 1.